The van der Waals surface area contributed by atoms with E-state index in [2.05, 4.69) is 15.0 Å². The first-order valence-electron chi connectivity index (χ1n) is 11.2. The van der Waals surface area contributed by atoms with Gasteiger partial charge in [0.2, 0.25) is 0 Å². The molecule has 2 aromatic rings. The van der Waals surface area contributed by atoms with E-state index in [0.29, 0.717) is 11.4 Å². The number of sulfonamides is 1. The average molecular weight is 442 g/mol. The number of anilines is 2. The number of rotatable bonds is 6. The molecule has 4 fully saturated rings. The first-order chi connectivity index (χ1) is 14.7. The monoisotopic (exact) mass is 441 g/mol. The van der Waals surface area contributed by atoms with Crippen LogP contribution in [0.15, 0.2) is 35.4 Å². The molecule has 0 amide bonds. The van der Waals surface area contributed by atoms with E-state index in [1.54, 1.807) is 24.4 Å². The Balaban J connectivity index is 1.32. The van der Waals surface area contributed by atoms with Crippen LogP contribution in [0.5, 0.6) is 5.75 Å². The van der Waals surface area contributed by atoms with E-state index < -0.39 is 10.0 Å². The zero-order valence-corrected chi connectivity index (χ0v) is 19.3. The Morgan fingerprint density at radius 1 is 1.00 bits per heavy atom. The fraction of sp³-hybridized carbons (Fsp3) is 0.542. The van der Waals surface area contributed by atoms with Gasteiger partial charge in [-0.25, -0.2) is 13.4 Å². The average Bonchev–Trinajstić information content (AvgIpc) is 2.69. The first kappa shape index (κ1) is 20.6. The Morgan fingerprint density at radius 3 is 2.16 bits per heavy atom. The van der Waals surface area contributed by atoms with Crippen LogP contribution < -0.4 is 14.8 Å². The van der Waals surface area contributed by atoms with Crippen LogP contribution in [0.4, 0.5) is 11.5 Å². The Morgan fingerprint density at radius 2 is 1.61 bits per heavy atom. The summed E-state index contributed by atoms with van der Waals surface area (Å²) < 4.78 is 33.9. The summed E-state index contributed by atoms with van der Waals surface area (Å²) >= 11 is 0. The van der Waals surface area contributed by atoms with Crippen molar-refractivity contribution < 1.29 is 13.2 Å². The van der Waals surface area contributed by atoms with Gasteiger partial charge in [0, 0.05) is 5.54 Å². The van der Waals surface area contributed by atoms with Crippen molar-refractivity contribution in [3.05, 3.63) is 41.6 Å². The van der Waals surface area contributed by atoms with Crippen molar-refractivity contribution in [3.63, 3.8) is 0 Å². The van der Waals surface area contributed by atoms with Crippen molar-refractivity contribution in [2.24, 2.45) is 17.8 Å². The van der Waals surface area contributed by atoms with E-state index in [-0.39, 0.29) is 10.4 Å². The van der Waals surface area contributed by atoms with Crippen molar-refractivity contribution >= 4 is 21.5 Å². The molecule has 166 valence electrons. The van der Waals surface area contributed by atoms with Gasteiger partial charge < -0.3 is 10.1 Å². The van der Waals surface area contributed by atoms with Crippen LogP contribution in [0.3, 0.4) is 0 Å². The standard InChI is InChI=1S/C24H31N3O3S/c1-15-6-21(30-3)22(7-16(15)2)31(28,29)27-20-4-5-23(25-14-20)26-24-11-17-8-18(12-24)10-19(9-17)13-24/h4-7,14,17-19,27H,8-13H2,1-3H3,(H,25,26). The third-order valence-corrected chi connectivity index (χ3v) is 8.92. The van der Waals surface area contributed by atoms with Crippen LogP contribution in [0.2, 0.25) is 0 Å². The van der Waals surface area contributed by atoms with Gasteiger partial charge in [-0.1, -0.05) is 0 Å². The summed E-state index contributed by atoms with van der Waals surface area (Å²) in [5, 5.41) is 3.73. The Labute approximate surface area is 184 Å². The van der Waals surface area contributed by atoms with Crippen LogP contribution in [0.25, 0.3) is 0 Å². The Kier molecular flexibility index (Phi) is 4.92. The zero-order chi connectivity index (χ0) is 21.8. The molecule has 6 rings (SSSR count). The van der Waals surface area contributed by atoms with Gasteiger partial charge in [-0.2, -0.15) is 0 Å². The van der Waals surface area contributed by atoms with Crippen LogP contribution in [-0.2, 0) is 10.0 Å². The normalized spacial score (nSPS) is 29.1. The van der Waals surface area contributed by atoms with Crippen molar-refractivity contribution in [1.29, 1.82) is 0 Å². The predicted molar refractivity (Wildman–Crippen MR) is 122 cm³/mol. The van der Waals surface area contributed by atoms with Gasteiger partial charge in [-0.15, -0.1) is 0 Å². The van der Waals surface area contributed by atoms with Gasteiger partial charge >= 0.3 is 0 Å². The highest BCUT2D eigenvalue weighted by atomic mass is 32.2. The molecule has 1 aromatic heterocycles. The number of benzene rings is 1. The molecule has 0 atom stereocenters. The number of nitrogens with one attached hydrogen (secondary N) is 2. The molecule has 0 unspecified atom stereocenters. The summed E-state index contributed by atoms with van der Waals surface area (Å²) in [5.41, 5.74) is 2.50. The molecule has 1 aromatic carbocycles. The molecule has 1 heterocycles. The Bertz CT molecular complexity index is 1060. The third-order valence-electron chi connectivity index (χ3n) is 7.52. The third kappa shape index (κ3) is 3.88. The predicted octanol–water partition coefficient (Wildman–Crippen LogP) is 4.89. The van der Waals surface area contributed by atoms with Gasteiger partial charge in [-0.3, -0.25) is 4.72 Å². The van der Waals surface area contributed by atoms with E-state index in [1.807, 2.05) is 19.9 Å². The summed E-state index contributed by atoms with van der Waals surface area (Å²) in [5.74, 6) is 3.74. The summed E-state index contributed by atoms with van der Waals surface area (Å²) in [6.45, 7) is 3.82. The van der Waals surface area contributed by atoms with Gasteiger partial charge in [0.1, 0.15) is 16.5 Å². The molecule has 4 aliphatic rings. The minimum atomic E-state index is -3.79. The smallest absolute Gasteiger partial charge is 0.265 e. The number of hydrogen-bond donors (Lipinski definition) is 2. The van der Waals surface area contributed by atoms with Crippen molar-refractivity contribution in [1.82, 2.24) is 4.98 Å². The number of pyridine rings is 1. The van der Waals surface area contributed by atoms with Gasteiger partial charge in [-0.05, 0) is 106 Å². The minimum absolute atomic E-state index is 0.133. The molecule has 0 aliphatic heterocycles. The zero-order valence-electron chi connectivity index (χ0n) is 18.4. The molecular weight excluding hydrogens is 410 g/mol. The number of aromatic nitrogens is 1. The van der Waals surface area contributed by atoms with Gasteiger partial charge in [0.25, 0.3) is 10.0 Å². The van der Waals surface area contributed by atoms with Crippen molar-refractivity contribution in [2.45, 2.75) is 62.8 Å². The molecule has 0 radical (unpaired) electrons. The second-order valence-electron chi connectivity index (χ2n) is 9.95. The fourth-order valence-electron chi connectivity index (χ4n) is 6.41. The summed E-state index contributed by atoms with van der Waals surface area (Å²) in [4.78, 5) is 4.67. The number of methoxy groups -OCH3 is 1. The number of hydrogen-bond acceptors (Lipinski definition) is 5. The molecule has 4 aliphatic carbocycles. The largest absolute Gasteiger partial charge is 0.495 e. The van der Waals surface area contributed by atoms with E-state index in [9.17, 15) is 8.42 Å². The summed E-state index contributed by atoms with van der Waals surface area (Å²) in [6, 6.07) is 7.06. The van der Waals surface area contributed by atoms with E-state index in [4.69, 9.17) is 4.74 Å². The lowest BCUT2D eigenvalue weighted by atomic mass is 9.53. The molecule has 2 N–H and O–H groups in total. The molecule has 0 saturated heterocycles. The summed E-state index contributed by atoms with van der Waals surface area (Å²) in [7, 11) is -2.31. The molecule has 4 saturated carbocycles. The molecule has 31 heavy (non-hydrogen) atoms. The second-order valence-corrected chi connectivity index (χ2v) is 11.6. The van der Waals surface area contributed by atoms with Gasteiger partial charge in [0.15, 0.2) is 0 Å². The van der Waals surface area contributed by atoms with E-state index >= 15 is 0 Å². The maximum Gasteiger partial charge on any atom is 0.265 e. The highest BCUT2D eigenvalue weighted by molar-refractivity contribution is 7.92. The van der Waals surface area contributed by atoms with Crippen LogP contribution in [0.1, 0.15) is 49.7 Å². The van der Waals surface area contributed by atoms with Crippen molar-refractivity contribution in [2.75, 3.05) is 17.1 Å². The first-order valence-corrected chi connectivity index (χ1v) is 12.7. The SMILES string of the molecule is COc1cc(C)c(C)cc1S(=O)(=O)Nc1ccc(NC23CC4CC(CC(C4)C2)C3)nc1. The molecule has 0 spiro atoms. The lowest BCUT2D eigenvalue weighted by molar-refractivity contribution is 0.0105. The lowest BCUT2D eigenvalue weighted by Crippen LogP contribution is -2.54. The minimum Gasteiger partial charge on any atom is -0.495 e. The second kappa shape index (κ2) is 7.40. The molecule has 7 heteroatoms. The van der Waals surface area contributed by atoms with Crippen molar-refractivity contribution in [3.8, 4) is 5.75 Å². The molecule has 4 bridgehead atoms. The number of ether oxygens (including phenoxy) is 1. The highest BCUT2D eigenvalue weighted by Crippen LogP contribution is 2.56. The number of nitrogens with zero attached hydrogens (tertiary/aromatic N) is 1. The lowest BCUT2D eigenvalue weighted by Gasteiger charge is -2.57. The Hall–Kier alpha value is -2.28. The van der Waals surface area contributed by atoms with E-state index in [0.717, 1.165) is 34.7 Å². The highest BCUT2D eigenvalue weighted by Gasteiger charge is 2.51. The summed E-state index contributed by atoms with van der Waals surface area (Å²) in [6.07, 6.45) is 9.50. The van der Waals surface area contributed by atoms with Crippen LogP contribution >= 0.6 is 0 Å². The number of aryl methyl sites for hydroxylation is 2. The maximum atomic E-state index is 13.0. The topological polar surface area (TPSA) is 80.3 Å². The van der Waals surface area contributed by atoms with Crippen LogP contribution in [-0.4, -0.2) is 26.1 Å². The van der Waals surface area contributed by atoms with Crippen LogP contribution in [0, 0.1) is 31.6 Å². The fourth-order valence-corrected chi connectivity index (χ4v) is 7.69. The maximum absolute atomic E-state index is 13.0. The molecular formula is C24H31N3O3S. The quantitative estimate of drug-likeness (QED) is 0.667. The molecule has 6 nitrogen and oxygen atoms in total. The van der Waals surface area contributed by atoms with E-state index in [1.165, 1.54) is 45.6 Å². The van der Waals surface area contributed by atoms with Gasteiger partial charge in [0.05, 0.1) is 19.0 Å².